The molecule has 0 atom stereocenters. The molecule has 1 aliphatic carbocycles. The van der Waals surface area contributed by atoms with E-state index in [1.807, 2.05) is 19.1 Å². The SMILES string of the molecule is CCc1ccc(Nc2nc(C)cc(C(=O)NC3CCCCCC3)n2)cc1. The van der Waals surface area contributed by atoms with E-state index in [9.17, 15) is 4.79 Å². The van der Waals surface area contributed by atoms with E-state index < -0.39 is 0 Å². The number of aryl methyl sites for hydroxylation is 2. The minimum atomic E-state index is -0.105. The van der Waals surface area contributed by atoms with Crippen molar-refractivity contribution in [3.05, 3.63) is 47.3 Å². The molecule has 1 heterocycles. The molecule has 1 aromatic heterocycles. The van der Waals surface area contributed by atoms with Crippen molar-refractivity contribution in [2.24, 2.45) is 0 Å². The van der Waals surface area contributed by atoms with Crippen LogP contribution in [0.5, 0.6) is 0 Å². The molecular weight excluding hydrogens is 324 g/mol. The van der Waals surface area contributed by atoms with Gasteiger partial charge in [0.15, 0.2) is 0 Å². The zero-order chi connectivity index (χ0) is 18.4. The van der Waals surface area contributed by atoms with Crippen molar-refractivity contribution < 1.29 is 4.79 Å². The van der Waals surface area contributed by atoms with Crippen LogP contribution in [-0.4, -0.2) is 21.9 Å². The normalized spacial score (nSPS) is 15.3. The van der Waals surface area contributed by atoms with Crippen molar-refractivity contribution >= 4 is 17.5 Å². The molecular formula is C21H28N4O. The van der Waals surface area contributed by atoms with E-state index in [4.69, 9.17) is 0 Å². The average molecular weight is 352 g/mol. The van der Waals surface area contributed by atoms with Gasteiger partial charge in [-0.25, -0.2) is 9.97 Å². The lowest BCUT2D eigenvalue weighted by molar-refractivity contribution is 0.0928. The third-order valence-corrected chi connectivity index (χ3v) is 4.90. The highest BCUT2D eigenvalue weighted by Crippen LogP contribution is 2.18. The predicted molar refractivity (Wildman–Crippen MR) is 105 cm³/mol. The van der Waals surface area contributed by atoms with Crippen molar-refractivity contribution in [3.8, 4) is 0 Å². The summed E-state index contributed by atoms with van der Waals surface area (Å²) in [7, 11) is 0. The Morgan fingerprint density at radius 3 is 2.42 bits per heavy atom. The molecule has 26 heavy (non-hydrogen) atoms. The highest BCUT2D eigenvalue weighted by Gasteiger charge is 2.17. The van der Waals surface area contributed by atoms with Gasteiger partial charge >= 0.3 is 0 Å². The predicted octanol–water partition coefficient (Wildman–Crippen LogP) is 4.54. The molecule has 2 aromatic rings. The molecule has 2 N–H and O–H groups in total. The number of amides is 1. The summed E-state index contributed by atoms with van der Waals surface area (Å²) >= 11 is 0. The lowest BCUT2D eigenvalue weighted by Gasteiger charge is -2.16. The molecule has 1 saturated carbocycles. The number of carbonyl (C=O) groups is 1. The molecule has 0 radical (unpaired) electrons. The quantitative estimate of drug-likeness (QED) is 0.775. The monoisotopic (exact) mass is 352 g/mol. The molecule has 138 valence electrons. The highest BCUT2D eigenvalue weighted by molar-refractivity contribution is 5.92. The fraction of sp³-hybridized carbons (Fsp3) is 0.476. The van der Waals surface area contributed by atoms with Crippen molar-refractivity contribution in [1.29, 1.82) is 0 Å². The molecule has 0 saturated heterocycles. The molecule has 1 fully saturated rings. The van der Waals surface area contributed by atoms with Crippen LogP contribution in [0.15, 0.2) is 30.3 Å². The summed E-state index contributed by atoms with van der Waals surface area (Å²) in [5.74, 6) is 0.354. The number of hydrogen-bond donors (Lipinski definition) is 2. The third-order valence-electron chi connectivity index (χ3n) is 4.90. The van der Waals surface area contributed by atoms with E-state index >= 15 is 0 Å². The van der Waals surface area contributed by atoms with Gasteiger partial charge in [-0.3, -0.25) is 4.79 Å². The van der Waals surface area contributed by atoms with Gasteiger partial charge in [-0.15, -0.1) is 0 Å². The summed E-state index contributed by atoms with van der Waals surface area (Å²) in [5, 5.41) is 6.35. The molecule has 1 aromatic carbocycles. The van der Waals surface area contributed by atoms with Crippen LogP contribution >= 0.6 is 0 Å². The Labute approximate surface area is 155 Å². The lowest BCUT2D eigenvalue weighted by atomic mass is 10.1. The zero-order valence-corrected chi connectivity index (χ0v) is 15.7. The first kappa shape index (κ1) is 18.4. The van der Waals surface area contributed by atoms with E-state index in [1.54, 1.807) is 6.07 Å². The number of carbonyl (C=O) groups excluding carboxylic acids is 1. The van der Waals surface area contributed by atoms with Crippen LogP contribution < -0.4 is 10.6 Å². The Morgan fingerprint density at radius 2 is 1.77 bits per heavy atom. The second-order valence-corrected chi connectivity index (χ2v) is 7.06. The van der Waals surface area contributed by atoms with Crippen LogP contribution in [0.1, 0.15) is 67.2 Å². The van der Waals surface area contributed by atoms with Gasteiger partial charge in [-0.2, -0.15) is 0 Å². The Morgan fingerprint density at radius 1 is 1.08 bits per heavy atom. The van der Waals surface area contributed by atoms with Crippen LogP contribution in [0, 0.1) is 6.92 Å². The van der Waals surface area contributed by atoms with Crippen LogP contribution in [0.4, 0.5) is 11.6 Å². The zero-order valence-electron chi connectivity index (χ0n) is 15.7. The second-order valence-electron chi connectivity index (χ2n) is 7.06. The fourth-order valence-corrected chi connectivity index (χ4v) is 3.38. The Kier molecular flexibility index (Phi) is 6.21. The van der Waals surface area contributed by atoms with Gasteiger partial charge in [-0.05, 0) is 49.9 Å². The minimum absolute atomic E-state index is 0.105. The first-order valence-corrected chi connectivity index (χ1v) is 9.66. The largest absolute Gasteiger partial charge is 0.348 e. The minimum Gasteiger partial charge on any atom is -0.348 e. The Balaban J connectivity index is 1.70. The number of aromatic nitrogens is 2. The molecule has 3 rings (SSSR count). The second kappa shape index (κ2) is 8.79. The first-order valence-electron chi connectivity index (χ1n) is 9.66. The van der Waals surface area contributed by atoms with Crippen molar-refractivity contribution in [3.63, 3.8) is 0 Å². The standard InChI is InChI=1S/C21H28N4O/c1-3-16-10-12-18(13-11-16)24-21-22-15(2)14-19(25-21)20(26)23-17-8-6-4-5-7-9-17/h10-14,17H,3-9H2,1-2H3,(H,23,26)(H,22,24,25). The molecule has 5 nitrogen and oxygen atoms in total. The maximum atomic E-state index is 12.6. The molecule has 0 bridgehead atoms. The molecule has 1 aliphatic rings. The van der Waals surface area contributed by atoms with Gasteiger partial charge in [0, 0.05) is 17.4 Å². The van der Waals surface area contributed by atoms with Gasteiger partial charge in [0.1, 0.15) is 5.69 Å². The van der Waals surface area contributed by atoms with Crippen LogP contribution in [0.2, 0.25) is 0 Å². The number of rotatable bonds is 5. The van der Waals surface area contributed by atoms with Gasteiger partial charge in [0.25, 0.3) is 5.91 Å². The van der Waals surface area contributed by atoms with Crippen LogP contribution in [0.3, 0.4) is 0 Å². The summed E-state index contributed by atoms with van der Waals surface area (Å²) in [6.45, 7) is 4.01. The lowest BCUT2D eigenvalue weighted by Crippen LogP contribution is -2.35. The Hall–Kier alpha value is -2.43. The van der Waals surface area contributed by atoms with E-state index in [0.717, 1.165) is 30.6 Å². The number of benzene rings is 1. The number of nitrogens with one attached hydrogen (secondary N) is 2. The summed E-state index contributed by atoms with van der Waals surface area (Å²) in [6, 6.07) is 10.2. The van der Waals surface area contributed by atoms with Crippen LogP contribution in [-0.2, 0) is 6.42 Å². The summed E-state index contributed by atoms with van der Waals surface area (Å²) in [4.78, 5) is 21.5. The molecule has 5 heteroatoms. The maximum Gasteiger partial charge on any atom is 0.270 e. The van der Waals surface area contributed by atoms with E-state index in [-0.39, 0.29) is 11.9 Å². The van der Waals surface area contributed by atoms with Gasteiger partial charge in [0.05, 0.1) is 0 Å². The van der Waals surface area contributed by atoms with Gasteiger partial charge < -0.3 is 10.6 Å². The summed E-state index contributed by atoms with van der Waals surface area (Å²) < 4.78 is 0. The number of nitrogens with zero attached hydrogens (tertiary/aromatic N) is 2. The van der Waals surface area contributed by atoms with Crippen molar-refractivity contribution in [2.45, 2.75) is 64.8 Å². The maximum absolute atomic E-state index is 12.6. The number of hydrogen-bond acceptors (Lipinski definition) is 4. The molecule has 1 amide bonds. The van der Waals surface area contributed by atoms with Gasteiger partial charge in [-0.1, -0.05) is 44.7 Å². The summed E-state index contributed by atoms with van der Waals surface area (Å²) in [6.07, 6.45) is 8.04. The smallest absolute Gasteiger partial charge is 0.270 e. The fourth-order valence-electron chi connectivity index (χ4n) is 3.38. The van der Waals surface area contributed by atoms with Gasteiger partial charge in [0.2, 0.25) is 5.95 Å². The topological polar surface area (TPSA) is 66.9 Å². The molecule has 0 unspecified atom stereocenters. The first-order chi connectivity index (χ1) is 12.6. The van der Waals surface area contributed by atoms with E-state index in [2.05, 4.69) is 39.7 Å². The molecule has 0 spiro atoms. The number of anilines is 2. The van der Waals surface area contributed by atoms with Crippen molar-refractivity contribution in [1.82, 2.24) is 15.3 Å². The summed E-state index contributed by atoms with van der Waals surface area (Å²) in [5.41, 5.74) is 3.40. The average Bonchev–Trinajstić information content (AvgIpc) is 2.90. The third kappa shape index (κ3) is 5.04. The van der Waals surface area contributed by atoms with Crippen LogP contribution in [0.25, 0.3) is 0 Å². The Bertz CT molecular complexity index is 734. The highest BCUT2D eigenvalue weighted by atomic mass is 16.1. The molecule has 0 aliphatic heterocycles. The van der Waals surface area contributed by atoms with E-state index in [0.29, 0.717) is 11.6 Å². The van der Waals surface area contributed by atoms with Crippen molar-refractivity contribution in [2.75, 3.05) is 5.32 Å². The van der Waals surface area contributed by atoms with E-state index in [1.165, 1.54) is 31.2 Å².